The zero-order valence-corrected chi connectivity index (χ0v) is 8.02. The molecule has 1 atom stereocenters. The number of rotatable bonds is 3. The van der Waals surface area contributed by atoms with Crippen molar-refractivity contribution in [1.82, 2.24) is 14.9 Å². The van der Waals surface area contributed by atoms with Gasteiger partial charge in [-0.15, -0.1) is 16.7 Å². The van der Waals surface area contributed by atoms with Crippen molar-refractivity contribution in [2.75, 3.05) is 6.54 Å². The number of carbonyl (C=O) groups excluding carboxylic acids is 1. The molecule has 0 radical (unpaired) electrons. The Morgan fingerprint density at radius 3 is 3.17 bits per heavy atom. The Kier molecular flexibility index (Phi) is 3.43. The lowest BCUT2D eigenvalue weighted by Crippen LogP contribution is -2.26. The molecule has 1 aromatic heterocycles. The first-order chi connectivity index (χ1) is 5.75. The number of hydrogen-bond acceptors (Lipinski definition) is 4. The van der Waals surface area contributed by atoms with Gasteiger partial charge in [0.1, 0.15) is 5.69 Å². The number of likely N-dealkylation sites (N-methyl/N-ethyl adjacent to an activating group) is 1. The number of nitrogens with zero attached hydrogens (tertiary/aromatic N) is 2. The molecule has 0 bridgehead atoms. The summed E-state index contributed by atoms with van der Waals surface area (Å²) in [4.78, 5) is 11.1. The average Bonchev–Trinajstić information content (AvgIpc) is 2.55. The number of carbonyl (C=O) groups is 1. The van der Waals surface area contributed by atoms with Crippen LogP contribution in [-0.2, 0) is 4.79 Å². The van der Waals surface area contributed by atoms with Crippen molar-refractivity contribution in [3.63, 3.8) is 0 Å². The van der Waals surface area contributed by atoms with Gasteiger partial charge >= 0.3 is 0 Å². The van der Waals surface area contributed by atoms with Gasteiger partial charge in [0.05, 0.1) is 0 Å². The van der Waals surface area contributed by atoms with E-state index in [1.54, 1.807) is 5.38 Å². The lowest BCUT2D eigenvalue weighted by Gasteiger charge is -2.04. The van der Waals surface area contributed by atoms with Crippen molar-refractivity contribution < 1.29 is 4.79 Å². The molecule has 1 amide bonds. The van der Waals surface area contributed by atoms with Crippen LogP contribution in [0.2, 0.25) is 0 Å². The number of nitrogens with one attached hydrogen (secondary N) is 1. The second-order valence-corrected chi connectivity index (χ2v) is 3.13. The number of halogens is 1. The summed E-state index contributed by atoms with van der Waals surface area (Å²) in [7, 11) is 0. The van der Waals surface area contributed by atoms with Gasteiger partial charge in [-0.3, -0.25) is 4.79 Å². The maximum atomic E-state index is 11.1. The van der Waals surface area contributed by atoms with Gasteiger partial charge in [-0.1, -0.05) is 4.49 Å². The van der Waals surface area contributed by atoms with Crippen molar-refractivity contribution >= 4 is 29.0 Å². The predicted molar refractivity (Wildman–Crippen MR) is 47.2 cm³/mol. The normalized spacial score (nSPS) is 12.5. The molecule has 0 aliphatic heterocycles. The van der Waals surface area contributed by atoms with E-state index in [0.717, 1.165) is 0 Å². The van der Waals surface area contributed by atoms with Crippen LogP contribution in [0.4, 0.5) is 0 Å². The fraction of sp³-hybridized carbons (Fsp3) is 0.500. The van der Waals surface area contributed by atoms with E-state index in [-0.39, 0.29) is 5.91 Å². The van der Waals surface area contributed by atoms with Gasteiger partial charge in [0.25, 0.3) is 0 Å². The maximum absolute atomic E-state index is 11.1. The largest absolute Gasteiger partial charge is 0.355 e. The predicted octanol–water partition coefficient (Wildman–Crippen LogP) is 0.954. The molecule has 0 aliphatic rings. The van der Waals surface area contributed by atoms with Crippen LogP contribution in [0.15, 0.2) is 5.38 Å². The summed E-state index contributed by atoms with van der Waals surface area (Å²) in [5.74, 6) is -0.230. The third-order valence-corrected chi connectivity index (χ3v) is 2.16. The van der Waals surface area contributed by atoms with Gasteiger partial charge in [-0.2, -0.15) is 0 Å². The van der Waals surface area contributed by atoms with Gasteiger partial charge in [0.15, 0.2) is 5.38 Å². The van der Waals surface area contributed by atoms with E-state index in [0.29, 0.717) is 12.2 Å². The topological polar surface area (TPSA) is 54.9 Å². The molecule has 0 aromatic carbocycles. The second-order valence-electron chi connectivity index (χ2n) is 2.09. The van der Waals surface area contributed by atoms with E-state index < -0.39 is 5.38 Å². The lowest BCUT2D eigenvalue weighted by atomic mass is 10.3. The highest BCUT2D eigenvalue weighted by atomic mass is 35.5. The van der Waals surface area contributed by atoms with Gasteiger partial charge in [-0.25, -0.2) is 0 Å². The van der Waals surface area contributed by atoms with Crippen LogP contribution < -0.4 is 5.32 Å². The van der Waals surface area contributed by atoms with Gasteiger partial charge in [0.2, 0.25) is 5.91 Å². The molecule has 66 valence electrons. The molecule has 1 rings (SSSR count). The third kappa shape index (κ3) is 2.15. The highest BCUT2D eigenvalue weighted by molar-refractivity contribution is 7.03. The number of amides is 1. The first-order valence-electron chi connectivity index (χ1n) is 3.44. The molecule has 4 nitrogen and oxygen atoms in total. The molecule has 1 aromatic rings. The summed E-state index contributed by atoms with van der Waals surface area (Å²) >= 11 is 6.95. The maximum Gasteiger partial charge on any atom is 0.244 e. The Morgan fingerprint density at radius 1 is 1.92 bits per heavy atom. The van der Waals surface area contributed by atoms with Gasteiger partial charge in [0, 0.05) is 11.9 Å². The summed E-state index contributed by atoms with van der Waals surface area (Å²) in [5, 5.41) is 7.24. The van der Waals surface area contributed by atoms with Crippen molar-refractivity contribution in [2.45, 2.75) is 12.3 Å². The van der Waals surface area contributed by atoms with Crippen LogP contribution >= 0.6 is 23.1 Å². The summed E-state index contributed by atoms with van der Waals surface area (Å²) in [6, 6.07) is 0. The molecule has 1 heterocycles. The highest BCUT2D eigenvalue weighted by Crippen LogP contribution is 2.18. The Balaban J connectivity index is 2.59. The van der Waals surface area contributed by atoms with Crippen LogP contribution in [0.5, 0.6) is 0 Å². The van der Waals surface area contributed by atoms with E-state index in [4.69, 9.17) is 11.6 Å². The Morgan fingerprint density at radius 2 is 2.67 bits per heavy atom. The zero-order chi connectivity index (χ0) is 8.97. The van der Waals surface area contributed by atoms with Crippen molar-refractivity contribution in [3.8, 4) is 0 Å². The van der Waals surface area contributed by atoms with Crippen molar-refractivity contribution in [1.29, 1.82) is 0 Å². The van der Waals surface area contributed by atoms with Crippen LogP contribution in [0, 0.1) is 0 Å². The summed E-state index contributed by atoms with van der Waals surface area (Å²) in [6.45, 7) is 2.40. The second kappa shape index (κ2) is 4.37. The first-order valence-corrected chi connectivity index (χ1v) is 4.71. The van der Waals surface area contributed by atoms with Crippen LogP contribution in [0.1, 0.15) is 18.0 Å². The van der Waals surface area contributed by atoms with Crippen molar-refractivity contribution in [2.24, 2.45) is 0 Å². The molecular weight excluding hydrogens is 198 g/mol. The molecule has 0 aliphatic carbocycles. The smallest absolute Gasteiger partial charge is 0.244 e. The summed E-state index contributed by atoms with van der Waals surface area (Å²) < 4.78 is 3.61. The first kappa shape index (κ1) is 9.41. The molecule has 0 saturated heterocycles. The number of hydrogen-bond donors (Lipinski definition) is 1. The summed E-state index contributed by atoms with van der Waals surface area (Å²) in [6.07, 6.45) is 0. The molecule has 0 fully saturated rings. The average molecular weight is 206 g/mol. The van der Waals surface area contributed by atoms with Crippen molar-refractivity contribution in [3.05, 3.63) is 11.1 Å². The minimum absolute atomic E-state index is 0.230. The molecule has 12 heavy (non-hydrogen) atoms. The van der Waals surface area contributed by atoms with Crippen LogP contribution in [0.25, 0.3) is 0 Å². The van der Waals surface area contributed by atoms with Crippen LogP contribution in [-0.4, -0.2) is 22.0 Å². The molecule has 1 unspecified atom stereocenters. The Bertz CT molecular complexity index is 251. The minimum atomic E-state index is -0.719. The summed E-state index contributed by atoms with van der Waals surface area (Å²) in [5.41, 5.74) is 0.507. The standard InChI is InChI=1S/C6H8ClN3OS/c1-2-8-6(11)5(7)4-3-12-10-9-4/h3,5H,2H2,1H3,(H,8,11). The molecule has 1 N–H and O–H groups in total. The molecule has 0 saturated carbocycles. The fourth-order valence-electron chi connectivity index (χ4n) is 0.680. The number of aromatic nitrogens is 2. The molecule has 0 spiro atoms. The Labute approximate surface area is 79.1 Å². The van der Waals surface area contributed by atoms with E-state index in [9.17, 15) is 4.79 Å². The van der Waals surface area contributed by atoms with Gasteiger partial charge in [-0.05, 0) is 18.5 Å². The minimum Gasteiger partial charge on any atom is -0.355 e. The Hall–Kier alpha value is -0.680. The monoisotopic (exact) mass is 205 g/mol. The fourth-order valence-corrected chi connectivity index (χ4v) is 1.42. The van der Waals surface area contributed by atoms with E-state index in [2.05, 4.69) is 14.9 Å². The quantitative estimate of drug-likeness (QED) is 0.748. The zero-order valence-electron chi connectivity index (χ0n) is 6.45. The highest BCUT2D eigenvalue weighted by Gasteiger charge is 2.18. The SMILES string of the molecule is CCNC(=O)C(Cl)c1csnn1. The van der Waals surface area contributed by atoms with E-state index >= 15 is 0 Å². The van der Waals surface area contributed by atoms with E-state index in [1.165, 1.54) is 11.5 Å². The van der Waals surface area contributed by atoms with Crippen LogP contribution in [0.3, 0.4) is 0 Å². The lowest BCUT2D eigenvalue weighted by molar-refractivity contribution is -0.120. The van der Waals surface area contributed by atoms with Gasteiger partial charge < -0.3 is 5.32 Å². The third-order valence-electron chi connectivity index (χ3n) is 1.22. The number of alkyl halides is 1. The molecule has 6 heteroatoms. The molecular formula is C6H8ClN3OS. The van der Waals surface area contributed by atoms with E-state index in [1.807, 2.05) is 6.92 Å².